The second-order valence-electron chi connectivity index (χ2n) is 7.45. The molecule has 0 fully saturated rings. The molecule has 0 radical (unpaired) electrons. The van der Waals surface area contributed by atoms with Crippen LogP contribution in [0.5, 0.6) is 0 Å². The first-order valence-electron chi connectivity index (χ1n) is 9.55. The lowest BCUT2D eigenvalue weighted by molar-refractivity contribution is 0.102. The summed E-state index contributed by atoms with van der Waals surface area (Å²) in [5.74, 6) is -0.179. The van der Waals surface area contributed by atoms with E-state index in [4.69, 9.17) is 11.6 Å². The molecule has 0 aliphatic heterocycles. The Morgan fingerprint density at radius 3 is 2.62 bits per heavy atom. The molecule has 1 N–H and O–H groups in total. The highest BCUT2D eigenvalue weighted by molar-refractivity contribution is 6.33. The van der Waals surface area contributed by atoms with Gasteiger partial charge in [-0.2, -0.15) is 0 Å². The number of hydrogen-bond acceptors (Lipinski definition) is 3. The lowest BCUT2D eigenvalue weighted by Gasteiger charge is -2.21. The summed E-state index contributed by atoms with van der Waals surface area (Å²) in [4.78, 5) is 30.1. The van der Waals surface area contributed by atoms with Crippen molar-refractivity contribution in [2.75, 3.05) is 5.32 Å². The number of nitrogens with zero attached hydrogens (tertiary/aromatic N) is 2. The second kappa shape index (κ2) is 9.05. The minimum atomic E-state index is -0.446. The van der Waals surface area contributed by atoms with Crippen molar-refractivity contribution in [3.63, 3.8) is 0 Å². The first-order valence-corrected chi connectivity index (χ1v) is 9.92. The molecule has 2 aromatic heterocycles. The summed E-state index contributed by atoms with van der Waals surface area (Å²) in [6.07, 6.45) is 4.11. The number of rotatable bonds is 6. The first kappa shape index (κ1) is 20.8. The van der Waals surface area contributed by atoms with Gasteiger partial charge in [0.05, 0.1) is 10.7 Å². The molecule has 3 rings (SSSR count). The van der Waals surface area contributed by atoms with Crippen molar-refractivity contribution in [3.05, 3.63) is 92.6 Å². The number of nitrogens with one attached hydrogen (secondary N) is 1. The fraction of sp³-hybridized carbons (Fsp3) is 0.261. The molecule has 1 aromatic carbocycles. The summed E-state index contributed by atoms with van der Waals surface area (Å²) < 4.78 is 2.03. The Balaban J connectivity index is 2.09. The molecule has 0 unspecified atom stereocenters. The number of aryl methyl sites for hydroxylation is 1. The van der Waals surface area contributed by atoms with Gasteiger partial charge in [-0.3, -0.25) is 14.6 Å². The van der Waals surface area contributed by atoms with Gasteiger partial charge in [0.1, 0.15) is 5.56 Å². The molecule has 2 heterocycles. The monoisotopic (exact) mass is 409 g/mol. The molecule has 6 heteroatoms. The summed E-state index contributed by atoms with van der Waals surface area (Å²) in [7, 11) is 0. The summed E-state index contributed by atoms with van der Waals surface area (Å²) in [6, 6.07) is 12.4. The normalized spacial score (nSPS) is 10.9. The molecule has 1 amide bonds. The molecular formula is C23H24ClN3O2. The van der Waals surface area contributed by atoms with Crippen molar-refractivity contribution in [3.8, 4) is 0 Å². The third-order valence-electron chi connectivity index (χ3n) is 4.64. The highest BCUT2D eigenvalue weighted by Gasteiger charge is 2.22. The largest absolute Gasteiger partial charge is 0.343 e. The van der Waals surface area contributed by atoms with Gasteiger partial charge in [0, 0.05) is 36.4 Å². The van der Waals surface area contributed by atoms with Crippen LogP contribution in [0.15, 0.2) is 59.7 Å². The number of halogens is 1. The van der Waals surface area contributed by atoms with Gasteiger partial charge in [-0.25, -0.2) is 0 Å². The standard InChI is InChI=1S/C23H24ClN3O2/c1-15(2)11-20-22(23(29)26-19-9-5-4-8-18(19)24)21(28)12-16(3)27(20)14-17-7-6-10-25-13-17/h4-10,12-13,15H,11,14H2,1-3H3,(H,26,29). The average molecular weight is 410 g/mol. The molecule has 3 aromatic rings. The van der Waals surface area contributed by atoms with Gasteiger partial charge < -0.3 is 9.88 Å². The fourth-order valence-electron chi connectivity index (χ4n) is 3.31. The summed E-state index contributed by atoms with van der Waals surface area (Å²) in [5, 5.41) is 3.22. The van der Waals surface area contributed by atoms with Crippen LogP contribution in [0, 0.1) is 12.8 Å². The van der Waals surface area contributed by atoms with Crippen LogP contribution in [-0.2, 0) is 13.0 Å². The van der Waals surface area contributed by atoms with E-state index in [0.29, 0.717) is 23.7 Å². The van der Waals surface area contributed by atoms with E-state index in [1.165, 1.54) is 6.07 Å². The number of carbonyl (C=O) groups is 1. The number of benzene rings is 1. The van der Waals surface area contributed by atoms with Crippen molar-refractivity contribution in [1.82, 2.24) is 9.55 Å². The Kier molecular flexibility index (Phi) is 6.49. The Hall–Kier alpha value is -2.92. The van der Waals surface area contributed by atoms with Crippen LogP contribution in [0.3, 0.4) is 0 Å². The zero-order valence-corrected chi connectivity index (χ0v) is 17.5. The topological polar surface area (TPSA) is 64.0 Å². The van der Waals surface area contributed by atoms with E-state index in [1.54, 1.807) is 36.7 Å². The van der Waals surface area contributed by atoms with Gasteiger partial charge in [0.2, 0.25) is 0 Å². The van der Waals surface area contributed by atoms with Crippen molar-refractivity contribution < 1.29 is 4.79 Å². The summed E-state index contributed by atoms with van der Waals surface area (Å²) in [5.41, 5.74) is 2.88. The van der Waals surface area contributed by atoms with Gasteiger partial charge in [-0.05, 0) is 43.0 Å². The number of hydrogen-bond donors (Lipinski definition) is 1. The molecular weight excluding hydrogens is 386 g/mol. The highest BCUT2D eigenvalue weighted by atomic mass is 35.5. The maximum absolute atomic E-state index is 13.1. The Morgan fingerprint density at radius 2 is 1.97 bits per heavy atom. The molecule has 0 saturated carbocycles. The maximum Gasteiger partial charge on any atom is 0.261 e. The van der Waals surface area contributed by atoms with Crippen LogP contribution in [0.2, 0.25) is 5.02 Å². The van der Waals surface area contributed by atoms with E-state index in [2.05, 4.69) is 24.1 Å². The third kappa shape index (κ3) is 4.93. The Morgan fingerprint density at radius 1 is 1.21 bits per heavy atom. The average Bonchev–Trinajstić information content (AvgIpc) is 2.67. The Labute approximate surface area is 175 Å². The quantitative estimate of drug-likeness (QED) is 0.641. The van der Waals surface area contributed by atoms with Crippen LogP contribution in [0.25, 0.3) is 0 Å². The smallest absolute Gasteiger partial charge is 0.261 e. The Bertz CT molecular complexity index is 1080. The van der Waals surface area contributed by atoms with Crippen LogP contribution in [0.4, 0.5) is 5.69 Å². The van der Waals surface area contributed by atoms with E-state index >= 15 is 0 Å². The number of amides is 1. The van der Waals surface area contributed by atoms with Crippen molar-refractivity contribution in [2.24, 2.45) is 5.92 Å². The van der Waals surface area contributed by atoms with E-state index < -0.39 is 5.91 Å². The first-order chi connectivity index (χ1) is 13.9. The van der Waals surface area contributed by atoms with E-state index in [9.17, 15) is 9.59 Å². The van der Waals surface area contributed by atoms with Crippen molar-refractivity contribution in [1.29, 1.82) is 0 Å². The number of pyridine rings is 2. The van der Waals surface area contributed by atoms with Gasteiger partial charge in [-0.1, -0.05) is 43.6 Å². The second-order valence-corrected chi connectivity index (χ2v) is 7.86. The van der Waals surface area contributed by atoms with Crippen LogP contribution < -0.4 is 10.7 Å². The number of anilines is 1. The van der Waals surface area contributed by atoms with Gasteiger partial charge in [-0.15, -0.1) is 0 Å². The third-order valence-corrected chi connectivity index (χ3v) is 4.97. The van der Waals surface area contributed by atoms with Crippen molar-refractivity contribution >= 4 is 23.2 Å². The predicted octanol–water partition coefficient (Wildman–Crippen LogP) is 4.70. The van der Waals surface area contributed by atoms with E-state index in [-0.39, 0.29) is 16.9 Å². The van der Waals surface area contributed by atoms with Crippen molar-refractivity contribution in [2.45, 2.75) is 33.7 Å². The molecule has 0 aliphatic rings. The molecule has 0 atom stereocenters. The highest BCUT2D eigenvalue weighted by Crippen LogP contribution is 2.22. The molecule has 29 heavy (non-hydrogen) atoms. The van der Waals surface area contributed by atoms with E-state index in [1.807, 2.05) is 23.6 Å². The van der Waals surface area contributed by atoms with Crippen LogP contribution in [0.1, 0.15) is 41.2 Å². The summed E-state index contributed by atoms with van der Waals surface area (Å²) in [6.45, 7) is 6.56. The predicted molar refractivity (Wildman–Crippen MR) is 117 cm³/mol. The minimum absolute atomic E-state index is 0.160. The molecule has 0 aliphatic carbocycles. The number of carbonyl (C=O) groups excluding carboxylic acids is 1. The SMILES string of the molecule is Cc1cc(=O)c(C(=O)Nc2ccccc2Cl)c(CC(C)C)n1Cc1cccnc1. The molecule has 0 bridgehead atoms. The zero-order chi connectivity index (χ0) is 21.0. The number of para-hydroxylation sites is 1. The van der Waals surface area contributed by atoms with E-state index in [0.717, 1.165) is 17.0 Å². The zero-order valence-electron chi connectivity index (χ0n) is 16.8. The summed E-state index contributed by atoms with van der Waals surface area (Å²) >= 11 is 6.18. The minimum Gasteiger partial charge on any atom is -0.343 e. The van der Waals surface area contributed by atoms with Crippen LogP contribution >= 0.6 is 11.6 Å². The van der Waals surface area contributed by atoms with Crippen LogP contribution in [-0.4, -0.2) is 15.5 Å². The lowest BCUT2D eigenvalue weighted by Crippen LogP contribution is -2.29. The molecule has 0 spiro atoms. The van der Waals surface area contributed by atoms with Gasteiger partial charge >= 0.3 is 0 Å². The maximum atomic E-state index is 13.1. The molecule has 5 nitrogen and oxygen atoms in total. The van der Waals surface area contributed by atoms with Gasteiger partial charge in [0.15, 0.2) is 5.43 Å². The number of aromatic nitrogens is 2. The van der Waals surface area contributed by atoms with Gasteiger partial charge in [0.25, 0.3) is 5.91 Å². The fourth-order valence-corrected chi connectivity index (χ4v) is 3.50. The lowest BCUT2D eigenvalue weighted by atomic mass is 10.0. The molecule has 0 saturated heterocycles. The molecule has 150 valence electrons.